The van der Waals surface area contributed by atoms with Crippen molar-refractivity contribution in [1.82, 2.24) is 0 Å². The van der Waals surface area contributed by atoms with Crippen molar-refractivity contribution in [2.75, 3.05) is 0 Å². The van der Waals surface area contributed by atoms with Crippen LogP contribution in [0.4, 0.5) is 13.2 Å². The predicted molar refractivity (Wildman–Crippen MR) is 69.8 cm³/mol. The zero-order chi connectivity index (χ0) is 14.0. The van der Waals surface area contributed by atoms with Gasteiger partial charge in [-0.3, -0.25) is 0 Å². The smallest absolute Gasteiger partial charge is 0.129 e. The minimum atomic E-state index is -0.694. The summed E-state index contributed by atoms with van der Waals surface area (Å²) in [4.78, 5) is 0. The van der Waals surface area contributed by atoms with E-state index in [1.165, 1.54) is 12.1 Å². The SMILES string of the molecule is Cc1ccc(C(Cl)Cc2ccc(F)cc2F)c(F)c1. The summed E-state index contributed by atoms with van der Waals surface area (Å²) < 4.78 is 40.0. The van der Waals surface area contributed by atoms with Gasteiger partial charge in [-0.25, -0.2) is 13.2 Å². The van der Waals surface area contributed by atoms with Crippen molar-refractivity contribution in [2.45, 2.75) is 18.7 Å². The van der Waals surface area contributed by atoms with Crippen LogP contribution in [0.3, 0.4) is 0 Å². The quantitative estimate of drug-likeness (QED) is 0.701. The van der Waals surface area contributed by atoms with Gasteiger partial charge in [-0.15, -0.1) is 11.6 Å². The maximum Gasteiger partial charge on any atom is 0.129 e. The molecule has 0 aliphatic carbocycles. The molecule has 0 aliphatic heterocycles. The average molecular weight is 285 g/mol. The largest absolute Gasteiger partial charge is 0.207 e. The van der Waals surface area contributed by atoms with E-state index in [0.29, 0.717) is 5.56 Å². The minimum absolute atomic E-state index is 0.105. The second-order valence-electron chi connectivity index (χ2n) is 4.43. The molecule has 2 rings (SSSR count). The Bertz CT molecular complexity index is 596. The summed E-state index contributed by atoms with van der Waals surface area (Å²) in [5.41, 5.74) is 1.37. The number of aryl methyl sites for hydroxylation is 1. The molecule has 1 atom stereocenters. The third kappa shape index (κ3) is 3.29. The standard InChI is InChI=1S/C15H12ClF3/c1-9-2-5-12(15(19)6-9)13(16)7-10-3-4-11(17)8-14(10)18/h2-6,8,13H,7H2,1H3. The van der Waals surface area contributed by atoms with Gasteiger partial charge >= 0.3 is 0 Å². The van der Waals surface area contributed by atoms with Crippen molar-refractivity contribution in [3.63, 3.8) is 0 Å². The third-order valence-corrected chi connectivity index (χ3v) is 3.30. The number of alkyl halides is 1. The fourth-order valence-corrected chi connectivity index (χ4v) is 2.22. The first-order valence-electron chi connectivity index (χ1n) is 5.81. The topological polar surface area (TPSA) is 0 Å². The molecule has 0 heterocycles. The van der Waals surface area contributed by atoms with Crippen molar-refractivity contribution in [3.8, 4) is 0 Å². The van der Waals surface area contributed by atoms with E-state index in [1.807, 2.05) is 0 Å². The second kappa shape index (κ2) is 5.66. The Morgan fingerprint density at radius 1 is 1.00 bits per heavy atom. The van der Waals surface area contributed by atoms with Crippen LogP contribution in [0.5, 0.6) is 0 Å². The summed E-state index contributed by atoms with van der Waals surface area (Å²) in [5, 5.41) is -0.694. The summed E-state index contributed by atoms with van der Waals surface area (Å²) in [6.07, 6.45) is 0.105. The van der Waals surface area contributed by atoms with E-state index in [0.717, 1.165) is 17.7 Å². The van der Waals surface area contributed by atoms with Crippen molar-refractivity contribution in [1.29, 1.82) is 0 Å². The van der Waals surface area contributed by atoms with Gasteiger partial charge in [0.15, 0.2) is 0 Å². The van der Waals surface area contributed by atoms with E-state index in [1.54, 1.807) is 19.1 Å². The van der Waals surface area contributed by atoms with Gasteiger partial charge in [0.25, 0.3) is 0 Å². The zero-order valence-corrected chi connectivity index (χ0v) is 11.0. The molecule has 2 aromatic carbocycles. The normalized spacial score (nSPS) is 12.5. The molecule has 0 fully saturated rings. The highest BCUT2D eigenvalue weighted by Crippen LogP contribution is 2.28. The molecule has 0 aromatic heterocycles. The Kier molecular flexibility index (Phi) is 4.15. The first-order valence-corrected chi connectivity index (χ1v) is 6.25. The molecule has 2 aromatic rings. The van der Waals surface area contributed by atoms with Crippen molar-refractivity contribution in [3.05, 3.63) is 70.5 Å². The van der Waals surface area contributed by atoms with Crippen LogP contribution in [0.2, 0.25) is 0 Å². The predicted octanol–water partition coefficient (Wildman–Crippen LogP) is 4.93. The lowest BCUT2D eigenvalue weighted by atomic mass is 10.0. The highest BCUT2D eigenvalue weighted by Gasteiger charge is 2.16. The van der Waals surface area contributed by atoms with Gasteiger partial charge in [0.1, 0.15) is 17.5 Å². The molecular weight excluding hydrogens is 273 g/mol. The molecule has 0 aliphatic rings. The van der Waals surface area contributed by atoms with Gasteiger partial charge in [-0.1, -0.05) is 18.2 Å². The minimum Gasteiger partial charge on any atom is -0.207 e. The van der Waals surface area contributed by atoms with Crippen LogP contribution in [-0.4, -0.2) is 0 Å². The van der Waals surface area contributed by atoms with Gasteiger partial charge < -0.3 is 0 Å². The Balaban J connectivity index is 2.23. The Hall–Kier alpha value is -1.48. The summed E-state index contributed by atoms with van der Waals surface area (Å²) in [5.74, 6) is -1.73. The molecule has 0 amide bonds. The Morgan fingerprint density at radius 3 is 2.37 bits per heavy atom. The lowest BCUT2D eigenvalue weighted by molar-refractivity contribution is 0.567. The van der Waals surface area contributed by atoms with Crippen molar-refractivity contribution >= 4 is 11.6 Å². The molecule has 0 saturated carbocycles. The van der Waals surface area contributed by atoms with E-state index < -0.39 is 22.8 Å². The average Bonchev–Trinajstić information content (AvgIpc) is 2.32. The van der Waals surface area contributed by atoms with Crippen LogP contribution in [0.25, 0.3) is 0 Å². The molecule has 1 unspecified atom stereocenters. The number of hydrogen-bond acceptors (Lipinski definition) is 0. The molecule has 0 N–H and O–H groups in total. The molecule has 4 heteroatoms. The number of benzene rings is 2. The maximum atomic E-state index is 13.7. The van der Waals surface area contributed by atoms with Crippen LogP contribution in [-0.2, 0) is 6.42 Å². The zero-order valence-electron chi connectivity index (χ0n) is 10.3. The highest BCUT2D eigenvalue weighted by atomic mass is 35.5. The van der Waals surface area contributed by atoms with Crippen molar-refractivity contribution in [2.24, 2.45) is 0 Å². The maximum absolute atomic E-state index is 13.7. The van der Waals surface area contributed by atoms with Crippen molar-refractivity contribution < 1.29 is 13.2 Å². The number of rotatable bonds is 3. The van der Waals surface area contributed by atoms with Crippen LogP contribution >= 0.6 is 11.6 Å². The molecule has 0 saturated heterocycles. The van der Waals surface area contributed by atoms with E-state index >= 15 is 0 Å². The first-order chi connectivity index (χ1) is 8.97. The van der Waals surface area contributed by atoms with Gasteiger partial charge in [-0.2, -0.15) is 0 Å². The van der Waals surface area contributed by atoms with Gasteiger partial charge in [0.05, 0.1) is 5.38 Å². The number of halogens is 4. The van der Waals surface area contributed by atoms with Gasteiger partial charge in [0, 0.05) is 11.6 Å². The monoisotopic (exact) mass is 284 g/mol. The summed E-state index contributed by atoms with van der Waals surface area (Å²) in [6, 6.07) is 7.99. The molecule has 0 bridgehead atoms. The van der Waals surface area contributed by atoms with Gasteiger partial charge in [0.2, 0.25) is 0 Å². The third-order valence-electron chi connectivity index (χ3n) is 2.91. The molecule has 100 valence electrons. The van der Waals surface area contributed by atoms with Gasteiger partial charge in [-0.05, 0) is 36.6 Å². The molecular formula is C15H12ClF3. The van der Waals surface area contributed by atoms with Crippen LogP contribution in [0.15, 0.2) is 36.4 Å². The molecule has 19 heavy (non-hydrogen) atoms. The summed E-state index contributed by atoms with van der Waals surface area (Å²) >= 11 is 6.11. The lowest BCUT2D eigenvalue weighted by Crippen LogP contribution is -2.01. The highest BCUT2D eigenvalue weighted by molar-refractivity contribution is 6.20. The van der Waals surface area contributed by atoms with E-state index in [-0.39, 0.29) is 12.0 Å². The lowest BCUT2D eigenvalue weighted by Gasteiger charge is -2.12. The van der Waals surface area contributed by atoms with E-state index in [9.17, 15) is 13.2 Å². The second-order valence-corrected chi connectivity index (χ2v) is 4.96. The van der Waals surface area contributed by atoms with Crippen LogP contribution < -0.4 is 0 Å². The van der Waals surface area contributed by atoms with E-state index in [2.05, 4.69) is 0 Å². The fourth-order valence-electron chi connectivity index (χ4n) is 1.88. The summed E-state index contributed by atoms with van der Waals surface area (Å²) in [7, 11) is 0. The molecule has 0 nitrogen and oxygen atoms in total. The van der Waals surface area contributed by atoms with E-state index in [4.69, 9.17) is 11.6 Å². The fraction of sp³-hybridized carbons (Fsp3) is 0.200. The Labute approximate surface area is 114 Å². The first kappa shape index (κ1) is 13.9. The van der Waals surface area contributed by atoms with Crippen LogP contribution in [0.1, 0.15) is 22.1 Å². The molecule has 0 radical (unpaired) electrons. The Morgan fingerprint density at radius 2 is 1.74 bits per heavy atom. The van der Waals surface area contributed by atoms with Crippen LogP contribution in [0, 0.1) is 24.4 Å². The number of hydrogen-bond donors (Lipinski definition) is 0. The summed E-state index contributed by atoms with van der Waals surface area (Å²) in [6.45, 7) is 1.77. The molecule has 0 spiro atoms.